The van der Waals surface area contributed by atoms with Crippen LogP contribution in [0.3, 0.4) is 0 Å². The molecule has 18 heavy (non-hydrogen) atoms. The van der Waals surface area contributed by atoms with E-state index in [-0.39, 0.29) is 12.1 Å². The van der Waals surface area contributed by atoms with Gasteiger partial charge in [-0.05, 0) is 40.2 Å². The van der Waals surface area contributed by atoms with Crippen molar-refractivity contribution in [3.63, 3.8) is 0 Å². The molecule has 4 nitrogen and oxygen atoms in total. The van der Waals surface area contributed by atoms with E-state index in [4.69, 9.17) is 4.74 Å². The second-order valence-electron chi connectivity index (χ2n) is 6.29. The summed E-state index contributed by atoms with van der Waals surface area (Å²) in [6.45, 7) is 6.46. The molecule has 0 heterocycles. The molecular weight excluding hydrogens is 228 g/mol. The summed E-state index contributed by atoms with van der Waals surface area (Å²) in [7, 11) is 1.92. The lowest BCUT2D eigenvalue weighted by Gasteiger charge is -2.25. The summed E-state index contributed by atoms with van der Waals surface area (Å²) in [6.07, 6.45) is 6.03. The number of likely N-dealkylation sites (N-methyl/N-ethyl adjacent to an activating group) is 1. The molecule has 0 aromatic carbocycles. The third kappa shape index (κ3) is 6.24. The number of hydrogen-bond acceptors (Lipinski definition) is 3. The maximum atomic E-state index is 11.8. The maximum Gasteiger partial charge on any atom is 0.407 e. The number of carbonyl (C=O) groups excluding carboxylic acids is 1. The summed E-state index contributed by atoms with van der Waals surface area (Å²) in [5.74, 6) is 0.762. The molecule has 1 aliphatic rings. The van der Waals surface area contributed by atoms with Crippen molar-refractivity contribution in [3.8, 4) is 0 Å². The Labute approximate surface area is 111 Å². The van der Waals surface area contributed by atoms with Crippen LogP contribution < -0.4 is 10.6 Å². The van der Waals surface area contributed by atoms with Crippen LogP contribution in [-0.2, 0) is 4.74 Å². The zero-order valence-corrected chi connectivity index (χ0v) is 12.2. The molecule has 106 valence electrons. The van der Waals surface area contributed by atoms with Gasteiger partial charge in [-0.1, -0.05) is 25.7 Å². The standard InChI is InChI=1S/C14H28N2O2/c1-14(2,3)18-13(17)16-12(10-15-4)9-11-7-5-6-8-11/h11-12,15H,5-10H2,1-4H3,(H,16,17)/t12-/m0/s1. The van der Waals surface area contributed by atoms with Gasteiger partial charge in [0.05, 0.1) is 0 Å². The van der Waals surface area contributed by atoms with Gasteiger partial charge in [-0.3, -0.25) is 0 Å². The van der Waals surface area contributed by atoms with Gasteiger partial charge >= 0.3 is 6.09 Å². The molecule has 0 aromatic rings. The molecule has 4 heteroatoms. The zero-order valence-electron chi connectivity index (χ0n) is 12.2. The van der Waals surface area contributed by atoms with E-state index in [0.29, 0.717) is 0 Å². The van der Waals surface area contributed by atoms with Crippen molar-refractivity contribution in [2.24, 2.45) is 5.92 Å². The minimum atomic E-state index is -0.429. The van der Waals surface area contributed by atoms with E-state index >= 15 is 0 Å². The van der Waals surface area contributed by atoms with Crippen molar-refractivity contribution in [3.05, 3.63) is 0 Å². The molecule has 0 spiro atoms. The van der Waals surface area contributed by atoms with Gasteiger partial charge in [-0.15, -0.1) is 0 Å². The quantitative estimate of drug-likeness (QED) is 0.795. The topological polar surface area (TPSA) is 50.4 Å². The molecule has 0 bridgehead atoms. The highest BCUT2D eigenvalue weighted by atomic mass is 16.6. The van der Waals surface area contributed by atoms with Gasteiger partial charge in [0, 0.05) is 12.6 Å². The lowest BCUT2D eigenvalue weighted by molar-refractivity contribution is 0.0497. The molecule has 0 unspecified atom stereocenters. The predicted octanol–water partition coefficient (Wildman–Crippen LogP) is 2.68. The number of carbonyl (C=O) groups is 1. The predicted molar refractivity (Wildman–Crippen MR) is 73.7 cm³/mol. The van der Waals surface area contributed by atoms with Crippen molar-refractivity contribution in [2.75, 3.05) is 13.6 Å². The second kappa shape index (κ2) is 6.98. The summed E-state index contributed by atoms with van der Waals surface area (Å²) in [4.78, 5) is 11.8. The Hall–Kier alpha value is -0.770. The number of amides is 1. The molecule has 1 saturated carbocycles. The summed E-state index contributed by atoms with van der Waals surface area (Å²) in [5.41, 5.74) is -0.429. The van der Waals surface area contributed by atoms with E-state index in [1.54, 1.807) is 0 Å². The minimum Gasteiger partial charge on any atom is -0.444 e. The lowest BCUT2D eigenvalue weighted by atomic mass is 9.98. The normalized spacial score (nSPS) is 18.7. The summed E-state index contributed by atoms with van der Waals surface area (Å²) < 4.78 is 5.30. The Balaban J connectivity index is 2.38. The van der Waals surface area contributed by atoms with Crippen LogP contribution in [0.5, 0.6) is 0 Å². The van der Waals surface area contributed by atoms with E-state index in [1.165, 1.54) is 25.7 Å². The Morgan fingerprint density at radius 3 is 2.44 bits per heavy atom. The van der Waals surface area contributed by atoms with Crippen LogP contribution in [0.4, 0.5) is 4.79 Å². The molecule has 0 aromatic heterocycles. The smallest absolute Gasteiger partial charge is 0.407 e. The Morgan fingerprint density at radius 2 is 1.94 bits per heavy atom. The molecule has 2 N–H and O–H groups in total. The Kier molecular flexibility index (Phi) is 5.93. The van der Waals surface area contributed by atoms with Gasteiger partial charge in [0.1, 0.15) is 5.60 Å². The SMILES string of the molecule is CNC[C@H](CC1CCCC1)NC(=O)OC(C)(C)C. The Bertz CT molecular complexity index is 255. The van der Waals surface area contributed by atoms with Crippen LogP contribution in [0.2, 0.25) is 0 Å². The van der Waals surface area contributed by atoms with E-state index < -0.39 is 5.60 Å². The van der Waals surface area contributed by atoms with E-state index in [0.717, 1.165) is 18.9 Å². The average Bonchev–Trinajstić information content (AvgIpc) is 2.67. The maximum absolute atomic E-state index is 11.8. The monoisotopic (exact) mass is 256 g/mol. The number of rotatable bonds is 5. The molecular formula is C14H28N2O2. The molecule has 1 atom stereocenters. The highest BCUT2D eigenvalue weighted by Crippen LogP contribution is 2.28. The first-order valence-electron chi connectivity index (χ1n) is 7.05. The number of nitrogens with one attached hydrogen (secondary N) is 2. The second-order valence-corrected chi connectivity index (χ2v) is 6.29. The largest absolute Gasteiger partial charge is 0.444 e. The van der Waals surface area contributed by atoms with Crippen LogP contribution >= 0.6 is 0 Å². The lowest BCUT2D eigenvalue weighted by Crippen LogP contribution is -2.44. The molecule has 0 aliphatic heterocycles. The van der Waals surface area contributed by atoms with Gasteiger partial charge in [0.15, 0.2) is 0 Å². The first-order chi connectivity index (χ1) is 8.40. The van der Waals surface area contributed by atoms with Crippen LogP contribution in [-0.4, -0.2) is 31.3 Å². The molecule has 0 saturated heterocycles. The number of hydrogen-bond donors (Lipinski definition) is 2. The molecule has 1 aliphatic carbocycles. The number of ether oxygens (including phenoxy) is 1. The van der Waals surface area contributed by atoms with Crippen molar-refractivity contribution >= 4 is 6.09 Å². The zero-order chi connectivity index (χ0) is 13.6. The Morgan fingerprint density at radius 1 is 1.33 bits per heavy atom. The highest BCUT2D eigenvalue weighted by Gasteiger charge is 2.23. The molecule has 1 fully saturated rings. The molecule has 1 rings (SSSR count). The minimum absolute atomic E-state index is 0.174. The van der Waals surface area contributed by atoms with Crippen molar-refractivity contribution in [1.29, 1.82) is 0 Å². The van der Waals surface area contributed by atoms with Crippen LogP contribution in [0, 0.1) is 5.92 Å². The third-order valence-corrected chi connectivity index (χ3v) is 3.26. The van der Waals surface area contributed by atoms with Gasteiger partial charge in [0.2, 0.25) is 0 Å². The van der Waals surface area contributed by atoms with E-state index in [9.17, 15) is 4.79 Å². The van der Waals surface area contributed by atoms with Crippen molar-refractivity contribution in [2.45, 2.75) is 64.5 Å². The van der Waals surface area contributed by atoms with Crippen LogP contribution in [0.1, 0.15) is 52.9 Å². The number of alkyl carbamates (subject to hydrolysis) is 1. The van der Waals surface area contributed by atoms with Crippen molar-refractivity contribution in [1.82, 2.24) is 10.6 Å². The average molecular weight is 256 g/mol. The third-order valence-electron chi connectivity index (χ3n) is 3.26. The summed E-state index contributed by atoms with van der Waals surface area (Å²) in [6, 6.07) is 0.174. The van der Waals surface area contributed by atoms with E-state index in [1.807, 2.05) is 27.8 Å². The van der Waals surface area contributed by atoms with Gasteiger partial charge in [0.25, 0.3) is 0 Å². The first-order valence-corrected chi connectivity index (χ1v) is 7.05. The fourth-order valence-electron chi connectivity index (χ4n) is 2.56. The molecule has 0 radical (unpaired) electrons. The summed E-state index contributed by atoms with van der Waals surface area (Å²) in [5, 5.41) is 6.12. The summed E-state index contributed by atoms with van der Waals surface area (Å²) >= 11 is 0. The first kappa shape index (κ1) is 15.3. The van der Waals surface area contributed by atoms with Crippen molar-refractivity contribution < 1.29 is 9.53 Å². The fourth-order valence-corrected chi connectivity index (χ4v) is 2.56. The van der Waals surface area contributed by atoms with Crippen LogP contribution in [0.15, 0.2) is 0 Å². The molecule has 1 amide bonds. The van der Waals surface area contributed by atoms with Gasteiger partial charge < -0.3 is 15.4 Å². The van der Waals surface area contributed by atoms with E-state index in [2.05, 4.69) is 10.6 Å². The fraction of sp³-hybridized carbons (Fsp3) is 0.929. The van der Waals surface area contributed by atoms with Gasteiger partial charge in [-0.2, -0.15) is 0 Å². The van der Waals surface area contributed by atoms with Gasteiger partial charge in [-0.25, -0.2) is 4.79 Å². The van der Waals surface area contributed by atoms with Crippen LogP contribution in [0.25, 0.3) is 0 Å². The highest BCUT2D eigenvalue weighted by molar-refractivity contribution is 5.68.